The van der Waals surface area contributed by atoms with Gasteiger partial charge in [-0.3, -0.25) is 4.79 Å². The second-order valence-electron chi connectivity index (χ2n) is 4.22. The Kier molecular flexibility index (Phi) is 3.52. The van der Waals surface area contributed by atoms with Crippen LogP contribution in [0.2, 0.25) is 0 Å². The van der Waals surface area contributed by atoms with Crippen LogP contribution in [0.4, 0.5) is 5.69 Å². The van der Waals surface area contributed by atoms with Gasteiger partial charge < -0.3 is 14.8 Å². The Morgan fingerprint density at radius 1 is 1.18 bits per heavy atom. The van der Waals surface area contributed by atoms with E-state index in [0.29, 0.717) is 11.5 Å². The van der Waals surface area contributed by atoms with Gasteiger partial charge in [-0.05, 0) is 12.8 Å². The summed E-state index contributed by atoms with van der Waals surface area (Å²) in [4.78, 5) is 11.8. The summed E-state index contributed by atoms with van der Waals surface area (Å²) in [6, 6.07) is 5.36. The lowest BCUT2D eigenvalue weighted by Gasteiger charge is -2.24. The molecular formula is C13H17NO3. The van der Waals surface area contributed by atoms with E-state index in [1.807, 2.05) is 0 Å². The number of rotatable bonds is 4. The normalized spacial score (nSPS) is 14.9. The van der Waals surface area contributed by atoms with Crippen LogP contribution in [-0.4, -0.2) is 20.1 Å². The van der Waals surface area contributed by atoms with Gasteiger partial charge in [-0.15, -0.1) is 0 Å². The van der Waals surface area contributed by atoms with E-state index in [9.17, 15) is 4.79 Å². The summed E-state index contributed by atoms with van der Waals surface area (Å²) in [7, 11) is 3.18. The molecule has 1 saturated carbocycles. The Labute approximate surface area is 101 Å². The SMILES string of the molecule is COc1cc(NC(=O)C2CCC2)cc(OC)c1. The molecule has 92 valence electrons. The summed E-state index contributed by atoms with van der Waals surface area (Å²) in [5.74, 6) is 1.61. The van der Waals surface area contributed by atoms with Crippen molar-refractivity contribution in [1.29, 1.82) is 0 Å². The highest BCUT2D eigenvalue weighted by Gasteiger charge is 2.25. The number of hydrogen-bond acceptors (Lipinski definition) is 3. The lowest BCUT2D eigenvalue weighted by Crippen LogP contribution is -2.28. The van der Waals surface area contributed by atoms with Gasteiger partial charge in [0, 0.05) is 29.8 Å². The first-order valence-electron chi connectivity index (χ1n) is 5.77. The number of benzene rings is 1. The first-order chi connectivity index (χ1) is 8.22. The van der Waals surface area contributed by atoms with Gasteiger partial charge in [-0.1, -0.05) is 6.42 Å². The van der Waals surface area contributed by atoms with E-state index in [0.717, 1.165) is 24.9 Å². The summed E-state index contributed by atoms with van der Waals surface area (Å²) in [5.41, 5.74) is 0.720. The number of methoxy groups -OCH3 is 2. The zero-order valence-corrected chi connectivity index (χ0v) is 10.2. The molecular weight excluding hydrogens is 218 g/mol. The third kappa shape index (κ3) is 2.70. The van der Waals surface area contributed by atoms with Gasteiger partial charge in [-0.25, -0.2) is 0 Å². The third-order valence-electron chi connectivity index (χ3n) is 3.09. The molecule has 1 amide bonds. The molecule has 0 saturated heterocycles. The number of hydrogen-bond donors (Lipinski definition) is 1. The van der Waals surface area contributed by atoms with E-state index in [1.165, 1.54) is 0 Å². The highest BCUT2D eigenvalue weighted by molar-refractivity contribution is 5.93. The molecule has 0 spiro atoms. The van der Waals surface area contributed by atoms with Crippen molar-refractivity contribution in [2.24, 2.45) is 5.92 Å². The van der Waals surface area contributed by atoms with Crippen LogP contribution in [0, 0.1) is 5.92 Å². The molecule has 4 heteroatoms. The van der Waals surface area contributed by atoms with Gasteiger partial charge in [-0.2, -0.15) is 0 Å². The van der Waals surface area contributed by atoms with Gasteiger partial charge in [0.15, 0.2) is 0 Å². The fourth-order valence-corrected chi connectivity index (χ4v) is 1.79. The minimum Gasteiger partial charge on any atom is -0.497 e. The van der Waals surface area contributed by atoms with Crippen molar-refractivity contribution in [3.63, 3.8) is 0 Å². The van der Waals surface area contributed by atoms with Crippen molar-refractivity contribution in [2.45, 2.75) is 19.3 Å². The summed E-state index contributed by atoms with van der Waals surface area (Å²) >= 11 is 0. The topological polar surface area (TPSA) is 47.6 Å². The lowest BCUT2D eigenvalue weighted by atomic mass is 9.85. The molecule has 0 bridgehead atoms. The first-order valence-corrected chi connectivity index (χ1v) is 5.77. The Bertz CT molecular complexity index is 391. The number of carbonyl (C=O) groups excluding carboxylic acids is 1. The van der Waals surface area contributed by atoms with Crippen LogP contribution < -0.4 is 14.8 Å². The van der Waals surface area contributed by atoms with Gasteiger partial charge in [0.1, 0.15) is 11.5 Å². The monoisotopic (exact) mass is 235 g/mol. The molecule has 0 aromatic heterocycles. The number of amides is 1. The van der Waals surface area contributed by atoms with Crippen molar-refractivity contribution >= 4 is 11.6 Å². The molecule has 4 nitrogen and oxygen atoms in total. The fraction of sp³-hybridized carbons (Fsp3) is 0.462. The molecule has 0 aliphatic heterocycles. The molecule has 1 aliphatic rings. The fourth-order valence-electron chi connectivity index (χ4n) is 1.79. The molecule has 17 heavy (non-hydrogen) atoms. The summed E-state index contributed by atoms with van der Waals surface area (Å²) in [6.45, 7) is 0. The molecule has 0 unspecified atom stereocenters. The van der Waals surface area contributed by atoms with Crippen LogP contribution >= 0.6 is 0 Å². The number of nitrogens with one attached hydrogen (secondary N) is 1. The number of anilines is 1. The molecule has 1 N–H and O–H groups in total. The zero-order valence-electron chi connectivity index (χ0n) is 10.2. The smallest absolute Gasteiger partial charge is 0.227 e. The van der Waals surface area contributed by atoms with Gasteiger partial charge in [0.25, 0.3) is 0 Å². The standard InChI is InChI=1S/C13H17NO3/c1-16-11-6-10(7-12(8-11)17-2)14-13(15)9-4-3-5-9/h6-9H,3-5H2,1-2H3,(H,14,15). The first kappa shape index (κ1) is 11.8. The van der Waals surface area contributed by atoms with E-state index < -0.39 is 0 Å². The quantitative estimate of drug-likeness (QED) is 0.872. The molecule has 0 radical (unpaired) electrons. The Morgan fingerprint density at radius 3 is 2.18 bits per heavy atom. The maximum Gasteiger partial charge on any atom is 0.227 e. The minimum absolute atomic E-state index is 0.0894. The van der Waals surface area contributed by atoms with Crippen molar-refractivity contribution in [3.8, 4) is 11.5 Å². The van der Waals surface area contributed by atoms with E-state index in [4.69, 9.17) is 9.47 Å². The van der Waals surface area contributed by atoms with Crippen LogP contribution in [-0.2, 0) is 4.79 Å². The maximum atomic E-state index is 11.8. The second kappa shape index (κ2) is 5.08. The average molecular weight is 235 g/mol. The second-order valence-corrected chi connectivity index (χ2v) is 4.22. The zero-order chi connectivity index (χ0) is 12.3. The highest BCUT2D eigenvalue weighted by atomic mass is 16.5. The minimum atomic E-state index is 0.0894. The van der Waals surface area contributed by atoms with Crippen LogP contribution in [0.3, 0.4) is 0 Å². The van der Waals surface area contributed by atoms with E-state index in [2.05, 4.69) is 5.32 Å². The molecule has 2 rings (SSSR count). The summed E-state index contributed by atoms with van der Waals surface area (Å²) in [6.07, 6.45) is 3.14. The van der Waals surface area contributed by atoms with Gasteiger partial charge in [0.2, 0.25) is 5.91 Å². The molecule has 0 heterocycles. The van der Waals surface area contributed by atoms with Crippen molar-refractivity contribution in [3.05, 3.63) is 18.2 Å². The third-order valence-corrected chi connectivity index (χ3v) is 3.09. The van der Waals surface area contributed by atoms with Crippen LogP contribution in [0.5, 0.6) is 11.5 Å². The van der Waals surface area contributed by atoms with Crippen LogP contribution in [0.25, 0.3) is 0 Å². The lowest BCUT2D eigenvalue weighted by molar-refractivity contribution is -0.122. The van der Waals surface area contributed by atoms with E-state index in [-0.39, 0.29) is 11.8 Å². The molecule has 1 aromatic carbocycles. The van der Waals surface area contributed by atoms with Crippen LogP contribution in [0.15, 0.2) is 18.2 Å². The Balaban J connectivity index is 2.10. The summed E-state index contributed by atoms with van der Waals surface area (Å²) < 4.78 is 10.3. The largest absolute Gasteiger partial charge is 0.497 e. The highest BCUT2D eigenvalue weighted by Crippen LogP contribution is 2.30. The van der Waals surface area contributed by atoms with Crippen molar-refractivity contribution < 1.29 is 14.3 Å². The van der Waals surface area contributed by atoms with E-state index >= 15 is 0 Å². The average Bonchev–Trinajstić information content (AvgIpc) is 2.25. The van der Waals surface area contributed by atoms with Crippen molar-refractivity contribution in [1.82, 2.24) is 0 Å². The number of ether oxygens (including phenoxy) is 2. The van der Waals surface area contributed by atoms with Gasteiger partial charge in [0.05, 0.1) is 14.2 Å². The van der Waals surface area contributed by atoms with Crippen molar-refractivity contribution in [2.75, 3.05) is 19.5 Å². The Hall–Kier alpha value is -1.71. The summed E-state index contributed by atoms with van der Waals surface area (Å²) in [5, 5.41) is 2.89. The molecule has 1 aromatic rings. The van der Waals surface area contributed by atoms with E-state index in [1.54, 1.807) is 32.4 Å². The maximum absolute atomic E-state index is 11.8. The molecule has 1 fully saturated rings. The number of carbonyl (C=O) groups is 1. The predicted molar refractivity (Wildman–Crippen MR) is 65.5 cm³/mol. The Morgan fingerprint density at radius 2 is 1.76 bits per heavy atom. The predicted octanol–water partition coefficient (Wildman–Crippen LogP) is 2.44. The van der Waals surface area contributed by atoms with Gasteiger partial charge >= 0.3 is 0 Å². The molecule has 1 aliphatic carbocycles. The van der Waals surface area contributed by atoms with Crippen LogP contribution in [0.1, 0.15) is 19.3 Å². The molecule has 0 atom stereocenters.